The van der Waals surface area contributed by atoms with E-state index in [0.29, 0.717) is 30.1 Å². The van der Waals surface area contributed by atoms with Crippen molar-refractivity contribution in [1.29, 1.82) is 0 Å². The van der Waals surface area contributed by atoms with Crippen LogP contribution >= 0.6 is 0 Å². The van der Waals surface area contributed by atoms with E-state index in [9.17, 15) is 15.3 Å². The average Bonchev–Trinajstić information content (AvgIpc) is 2.70. The Bertz CT molecular complexity index is 997. The minimum atomic E-state index is 0.327. The van der Waals surface area contributed by atoms with Crippen LogP contribution < -0.4 is 0 Å². The van der Waals surface area contributed by atoms with Crippen LogP contribution in [0.15, 0.2) is 36.4 Å². The van der Waals surface area contributed by atoms with E-state index in [-0.39, 0.29) is 0 Å². The molecule has 3 N–H and O–H groups in total. The van der Waals surface area contributed by atoms with Crippen LogP contribution in [0.1, 0.15) is 63.9 Å². The molecule has 0 amide bonds. The maximum Gasteiger partial charge on any atom is 0.122 e. The second-order valence-electron chi connectivity index (χ2n) is 8.33. The van der Waals surface area contributed by atoms with Gasteiger partial charge in [-0.3, -0.25) is 0 Å². The molecule has 0 aliphatic carbocycles. The molecular formula is C27H32O3. The van der Waals surface area contributed by atoms with Gasteiger partial charge in [0.05, 0.1) is 0 Å². The minimum absolute atomic E-state index is 0.327. The van der Waals surface area contributed by atoms with Gasteiger partial charge in [0.1, 0.15) is 17.2 Å². The summed E-state index contributed by atoms with van der Waals surface area (Å²) in [4.78, 5) is 0. The Labute approximate surface area is 179 Å². The van der Waals surface area contributed by atoms with Gasteiger partial charge >= 0.3 is 0 Å². The van der Waals surface area contributed by atoms with E-state index in [1.165, 1.54) is 0 Å². The van der Waals surface area contributed by atoms with Crippen LogP contribution in [0, 0.1) is 20.8 Å². The van der Waals surface area contributed by atoms with E-state index in [1.54, 1.807) is 0 Å². The molecule has 3 rings (SSSR count). The molecule has 3 heteroatoms. The molecule has 0 fully saturated rings. The third kappa shape index (κ3) is 4.46. The Morgan fingerprint density at radius 2 is 0.933 bits per heavy atom. The lowest BCUT2D eigenvalue weighted by atomic mass is 9.92. The third-order valence-electron chi connectivity index (χ3n) is 5.84. The number of phenols is 3. The highest BCUT2D eigenvalue weighted by atomic mass is 16.3. The van der Waals surface area contributed by atoms with Crippen molar-refractivity contribution in [3.8, 4) is 17.2 Å². The van der Waals surface area contributed by atoms with Crippen molar-refractivity contribution in [2.24, 2.45) is 0 Å². The van der Waals surface area contributed by atoms with Crippen LogP contribution in [0.2, 0.25) is 0 Å². The molecule has 0 spiro atoms. The average molecular weight is 405 g/mol. The predicted octanol–water partition coefficient (Wildman–Crippen LogP) is 6.04. The predicted molar refractivity (Wildman–Crippen MR) is 123 cm³/mol. The monoisotopic (exact) mass is 404 g/mol. The molecule has 0 unspecified atom stereocenters. The van der Waals surface area contributed by atoms with Gasteiger partial charge in [0.2, 0.25) is 0 Å². The second-order valence-corrected chi connectivity index (χ2v) is 8.33. The van der Waals surface area contributed by atoms with Gasteiger partial charge in [-0.2, -0.15) is 0 Å². The Balaban J connectivity index is 1.97. The normalized spacial score (nSPS) is 11.1. The molecule has 30 heavy (non-hydrogen) atoms. The molecule has 3 aromatic rings. The molecule has 3 nitrogen and oxygen atoms in total. The van der Waals surface area contributed by atoms with Gasteiger partial charge in [0, 0.05) is 12.8 Å². The topological polar surface area (TPSA) is 60.7 Å². The lowest BCUT2D eigenvalue weighted by Gasteiger charge is -2.15. The number of rotatable bonds is 6. The first-order valence-electron chi connectivity index (χ1n) is 10.7. The first-order valence-corrected chi connectivity index (χ1v) is 10.7. The van der Waals surface area contributed by atoms with Crippen LogP contribution in [0.3, 0.4) is 0 Å². The molecule has 0 atom stereocenters. The molecule has 0 bridgehead atoms. The zero-order chi connectivity index (χ0) is 22.0. The summed E-state index contributed by atoms with van der Waals surface area (Å²) in [5, 5.41) is 31.5. The van der Waals surface area contributed by atoms with E-state index < -0.39 is 0 Å². The van der Waals surface area contributed by atoms with E-state index >= 15 is 0 Å². The van der Waals surface area contributed by atoms with Crippen molar-refractivity contribution < 1.29 is 15.3 Å². The van der Waals surface area contributed by atoms with Gasteiger partial charge < -0.3 is 15.3 Å². The first-order chi connectivity index (χ1) is 14.2. The van der Waals surface area contributed by atoms with Crippen LogP contribution in [0.5, 0.6) is 17.2 Å². The maximum atomic E-state index is 11.0. The van der Waals surface area contributed by atoms with Gasteiger partial charge in [-0.15, -0.1) is 0 Å². The van der Waals surface area contributed by atoms with Crippen LogP contribution in [-0.2, 0) is 25.7 Å². The van der Waals surface area contributed by atoms with Crippen molar-refractivity contribution in [1.82, 2.24) is 0 Å². The molecule has 0 aliphatic heterocycles. The number of hydrogen-bond donors (Lipinski definition) is 3. The molecule has 158 valence electrons. The lowest BCUT2D eigenvalue weighted by Crippen LogP contribution is -1.99. The maximum absolute atomic E-state index is 11.0. The zero-order valence-electron chi connectivity index (χ0n) is 18.6. The van der Waals surface area contributed by atoms with Crippen molar-refractivity contribution in [2.45, 2.75) is 60.3 Å². The van der Waals surface area contributed by atoms with Crippen molar-refractivity contribution in [3.63, 3.8) is 0 Å². The smallest absolute Gasteiger partial charge is 0.122 e. The van der Waals surface area contributed by atoms with Gasteiger partial charge in [0.15, 0.2) is 0 Å². The minimum Gasteiger partial charge on any atom is -0.507 e. The summed E-state index contributed by atoms with van der Waals surface area (Å²) in [6.07, 6.45) is 2.77. The molecule has 0 saturated heterocycles. The third-order valence-corrected chi connectivity index (χ3v) is 5.84. The summed E-state index contributed by atoms with van der Waals surface area (Å²) in [5.74, 6) is 1.06. The van der Waals surface area contributed by atoms with Gasteiger partial charge in [-0.25, -0.2) is 0 Å². The van der Waals surface area contributed by atoms with Gasteiger partial charge in [-0.1, -0.05) is 55.8 Å². The highest BCUT2D eigenvalue weighted by Crippen LogP contribution is 2.32. The van der Waals surface area contributed by atoms with Gasteiger partial charge in [-0.05, 0) is 78.1 Å². The summed E-state index contributed by atoms with van der Waals surface area (Å²) >= 11 is 0. The summed E-state index contributed by atoms with van der Waals surface area (Å²) in [6, 6.07) is 12.1. The molecule has 0 aliphatic rings. The first kappa shape index (κ1) is 21.8. The molecular weight excluding hydrogens is 372 g/mol. The van der Waals surface area contributed by atoms with E-state index in [2.05, 4.69) is 0 Å². The second kappa shape index (κ2) is 8.83. The number of aromatic hydroxyl groups is 3. The molecule has 0 aromatic heterocycles. The number of phenolic OH excluding ortho intramolecular Hbond substituents is 3. The largest absolute Gasteiger partial charge is 0.507 e. The lowest BCUT2D eigenvalue weighted by molar-refractivity contribution is 0.462. The van der Waals surface area contributed by atoms with E-state index in [0.717, 1.165) is 62.9 Å². The Hall–Kier alpha value is -2.94. The number of aryl methyl sites for hydroxylation is 5. The highest BCUT2D eigenvalue weighted by molar-refractivity contribution is 5.51. The quantitative estimate of drug-likeness (QED) is 0.470. The van der Waals surface area contributed by atoms with Gasteiger partial charge in [0.25, 0.3) is 0 Å². The Kier molecular flexibility index (Phi) is 6.40. The van der Waals surface area contributed by atoms with E-state index in [1.807, 2.05) is 71.0 Å². The summed E-state index contributed by atoms with van der Waals surface area (Å²) in [7, 11) is 0. The fourth-order valence-corrected chi connectivity index (χ4v) is 4.25. The van der Waals surface area contributed by atoms with Crippen molar-refractivity contribution in [3.05, 3.63) is 86.5 Å². The molecule has 3 aromatic carbocycles. The fraction of sp³-hybridized carbons (Fsp3) is 0.333. The standard InChI is InChI=1S/C27H32O3/c1-6-21-12-19(10-17(4)25(21)28)14-23-8-16(3)9-24(27(23)30)15-20-11-18(5)26(29)22(7-2)13-20/h8-13,28-30H,6-7,14-15H2,1-5H3. The van der Waals surface area contributed by atoms with E-state index in [4.69, 9.17) is 0 Å². The number of hydrogen-bond acceptors (Lipinski definition) is 3. The highest BCUT2D eigenvalue weighted by Gasteiger charge is 2.14. The Morgan fingerprint density at radius 1 is 0.533 bits per heavy atom. The van der Waals surface area contributed by atoms with Crippen LogP contribution in [0.25, 0.3) is 0 Å². The van der Waals surface area contributed by atoms with Crippen LogP contribution in [0.4, 0.5) is 0 Å². The summed E-state index contributed by atoms with van der Waals surface area (Å²) in [5.41, 5.74) is 8.66. The molecule has 0 heterocycles. The Morgan fingerprint density at radius 3 is 1.30 bits per heavy atom. The fourth-order valence-electron chi connectivity index (χ4n) is 4.25. The molecule has 0 saturated carbocycles. The summed E-state index contributed by atoms with van der Waals surface area (Å²) in [6.45, 7) is 9.94. The zero-order valence-corrected chi connectivity index (χ0v) is 18.6. The number of benzene rings is 3. The summed E-state index contributed by atoms with van der Waals surface area (Å²) < 4.78 is 0. The molecule has 0 radical (unpaired) electrons. The van der Waals surface area contributed by atoms with Crippen LogP contribution in [-0.4, -0.2) is 15.3 Å². The van der Waals surface area contributed by atoms with Crippen molar-refractivity contribution >= 4 is 0 Å². The SMILES string of the molecule is CCc1cc(Cc2cc(C)cc(Cc3cc(C)c(O)c(CC)c3)c2O)cc(C)c1O. The van der Waals surface area contributed by atoms with Crippen molar-refractivity contribution in [2.75, 3.05) is 0 Å².